The topological polar surface area (TPSA) is 95.2 Å². The van der Waals surface area contributed by atoms with Gasteiger partial charge in [0.1, 0.15) is 6.61 Å². The molecule has 0 saturated heterocycles. The highest BCUT2D eigenvalue weighted by atomic mass is 16.6. The van der Waals surface area contributed by atoms with E-state index >= 15 is 0 Å². The average molecular weight is 385 g/mol. The van der Waals surface area contributed by atoms with Gasteiger partial charge in [-0.2, -0.15) is 0 Å². The van der Waals surface area contributed by atoms with E-state index in [4.69, 9.17) is 4.74 Å². The molecule has 0 radical (unpaired) electrons. The minimum absolute atomic E-state index is 0.0483. The van der Waals surface area contributed by atoms with E-state index in [2.05, 4.69) is 9.97 Å². The molecule has 0 bridgehead atoms. The fraction of sp³-hybridized carbons (Fsp3) is 0.0455. The van der Waals surface area contributed by atoms with Gasteiger partial charge in [0.2, 0.25) is 0 Å². The Hall–Kier alpha value is -4.13. The fourth-order valence-corrected chi connectivity index (χ4v) is 3.00. The van der Waals surface area contributed by atoms with Gasteiger partial charge in [-0.1, -0.05) is 30.3 Å². The molecule has 2 aromatic carbocycles. The zero-order valence-corrected chi connectivity index (χ0v) is 15.2. The third kappa shape index (κ3) is 3.93. The van der Waals surface area contributed by atoms with Crippen molar-refractivity contribution in [3.63, 3.8) is 0 Å². The number of pyridine rings is 2. The second-order valence-corrected chi connectivity index (χ2v) is 6.31. The lowest BCUT2D eigenvalue weighted by Crippen LogP contribution is -2.07. The lowest BCUT2D eigenvalue weighted by atomic mass is 10.0. The molecule has 0 amide bonds. The summed E-state index contributed by atoms with van der Waals surface area (Å²) in [5.41, 5.74) is 3.01. The molecule has 7 nitrogen and oxygen atoms in total. The number of nitrogens with zero attached hydrogens (tertiary/aromatic N) is 3. The van der Waals surface area contributed by atoms with E-state index < -0.39 is 10.9 Å². The summed E-state index contributed by atoms with van der Waals surface area (Å²) in [7, 11) is 0. The Labute approximate surface area is 165 Å². The van der Waals surface area contributed by atoms with Crippen molar-refractivity contribution in [2.75, 3.05) is 0 Å². The molecule has 0 spiro atoms. The summed E-state index contributed by atoms with van der Waals surface area (Å²) in [5, 5.41) is 11.6. The first kappa shape index (κ1) is 18.2. The third-order valence-corrected chi connectivity index (χ3v) is 4.40. The number of rotatable bonds is 5. The first-order chi connectivity index (χ1) is 14.1. The van der Waals surface area contributed by atoms with Crippen LogP contribution in [0.3, 0.4) is 0 Å². The van der Waals surface area contributed by atoms with Gasteiger partial charge in [0.05, 0.1) is 21.7 Å². The van der Waals surface area contributed by atoms with Crippen molar-refractivity contribution >= 4 is 22.6 Å². The van der Waals surface area contributed by atoms with E-state index in [1.165, 1.54) is 12.1 Å². The molecule has 2 heterocycles. The van der Waals surface area contributed by atoms with Crippen molar-refractivity contribution < 1.29 is 14.5 Å². The Kier molecular flexibility index (Phi) is 4.94. The van der Waals surface area contributed by atoms with Crippen molar-refractivity contribution in [2.24, 2.45) is 0 Å². The Morgan fingerprint density at radius 1 is 1.00 bits per heavy atom. The number of hydrogen-bond donors (Lipinski definition) is 0. The van der Waals surface area contributed by atoms with Gasteiger partial charge < -0.3 is 4.74 Å². The number of para-hydroxylation sites is 1. The molecule has 7 heteroatoms. The number of carbonyl (C=O) groups excluding carboxylic acids is 1. The van der Waals surface area contributed by atoms with Crippen LogP contribution in [0.4, 0.5) is 5.69 Å². The molecule has 29 heavy (non-hydrogen) atoms. The highest BCUT2D eigenvalue weighted by molar-refractivity contribution is 6.04. The van der Waals surface area contributed by atoms with Crippen molar-refractivity contribution in [3.8, 4) is 11.3 Å². The molecule has 0 aliphatic carbocycles. The van der Waals surface area contributed by atoms with E-state index in [1.807, 2.05) is 36.4 Å². The quantitative estimate of drug-likeness (QED) is 0.284. The van der Waals surface area contributed by atoms with Crippen LogP contribution in [0.15, 0.2) is 79.1 Å². The van der Waals surface area contributed by atoms with E-state index in [9.17, 15) is 14.9 Å². The van der Waals surface area contributed by atoms with Gasteiger partial charge in [-0.25, -0.2) is 9.78 Å². The maximum absolute atomic E-state index is 12.8. The standard InChI is InChI=1S/C22H15N3O4/c26-22(29-14-15-4-3-5-17(12-15)25(27)28)19-13-21(16-8-10-23-11-9-16)24-20-7-2-1-6-18(19)20/h1-13H,14H2. The van der Waals surface area contributed by atoms with Gasteiger partial charge in [-0.3, -0.25) is 15.1 Å². The van der Waals surface area contributed by atoms with E-state index in [1.54, 1.807) is 30.6 Å². The van der Waals surface area contributed by atoms with Crippen molar-refractivity contribution in [1.29, 1.82) is 0 Å². The second kappa shape index (κ2) is 7.85. The monoisotopic (exact) mass is 385 g/mol. The number of esters is 1. The second-order valence-electron chi connectivity index (χ2n) is 6.31. The maximum atomic E-state index is 12.8. The zero-order chi connectivity index (χ0) is 20.2. The number of aromatic nitrogens is 2. The predicted octanol–water partition coefficient (Wildman–Crippen LogP) is 4.56. The van der Waals surface area contributed by atoms with Crippen LogP contribution in [0.5, 0.6) is 0 Å². The molecule has 4 rings (SSSR count). The molecule has 0 saturated carbocycles. The van der Waals surface area contributed by atoms with Crippen LogP contribution in [0.2, 0.25) is 0 Å². The van der Waals surface area contributed by atoms with Crippen molar-refractivity contribution in [3.05, 3.63) is 100 Å². The Bertz CT molecular complexity index is 1210. The molecule has 0 aliphatic heterocycles. The number of nitro groups is 1. The first-order valence-electron chi connectivity index (χ1n) is 8.82. The van der Waals surface area contributed by atoms with Gasteiger partial charge in [0.25, 0.3) is 5.69 Å². The maximum Gasteiger partial charge on any atom is 0.339 e. The molecular weight excluding hydrogens is 370 g/mol. The molecule has 0 aliphatic rings. The van der Waals surface area contributed by atoms with Crippen molar-refractivity contribution in [1.82, 2.24) is 9.97 Å². The summed E-state index contributed by atoms with van der Waals surface area (Å²) in [4.78, 5) is 31.9. The summed E-state index contributed by atoms with van der Waals surface area (Å²) in [6.45, 7) is -0.0677. The smallest absolute Gasteiger partial charge is 0.339 e. The fourth-order valence-electron chi connectivity index (χ4n) is 3.00. The molecule has 142 valence electrons. The van der Waals surface area contributed by atoms with Gasteiger partial charge in [0, 0.05) is 35.5 Å². The van der Waals surface area contributed by atoms with Crippen LogP contribution in [-0.4, -0.2) is 20.9 Å². The Morgan fingerprint density at radius 3 is 2.59 bits per heavy atom. The summed E-state index contributed by atoms with van der Waals surface area (Å²) in [6, 6.07) is 18.6. The van der Waals surface area contributed by atoms with Crippen LogP contribution in [0, 0.1) is 10.1 Å². The molecule has 0 atom stereocenters. The lowest BCUT2D eigenvalue weighted by Gasteiger charge is -2.10. The highest BCUT2D eigenvalue weighted by Crippen LogP contribution is 2.25. The minimum atomic E-state index is -0.523. The van der Waals surface area contributed by atoms with Crippen molar-refractivity contribution in [2.45, 2.75) is 6.61 Å². The number of fused-ring (bicyclic) bond motifs is 1. The summed E-state index contributed by atoms with van der Waals surface area (Å²) in [5.74, 6) is -0.523. The van der Waals surface area contributed by atoms with Gasteiger partial charge in [0.15, 0.2) is 0 Å². The predicted molar refractivity (Wildman–Crippen MR) is 107 cm³/mol. The van der Waals surface area contributed by atoms with Gasteiger partial charge >= 0.3 is 5.97 Å². The molecule has 0 fully saturated rings. The average Bonchev–Trinajstić information content (AvgIpc) is 2.77. The molecular formula is C22H15N3O4. The largest absolute Gasteiger partial charge is 0.457 e. The Balaban J connectivity index is 1.66. The minimum Gasteiger partial charge on any atom is -0.457 e. The van der Waals surface area contributed by atoms with Crippen LogP contribution in [-0.2, 0) is 11.3 Å². The zero-order valence-electron chi connectivity index (χ0n) is 15.2. The number of benzene rings is 2. The third-order valence-electron chi connectivity index (χ3n) is 4.40. The van der Waals surface area contributed by atoms with Crippen LogP contribution >= 0.6 is 0 Å². The molecule has 0 unspecified atom stereocenters. The molecule has 2 aromatic heterocycles. The highest BCUT2D eigenvalue weighted by Gasteiger charge is 2.16. The SMILES string of the molecule is O=C(OCc1cccc([N+](=O)[O-])c1)c1cc(-c2ccncc2)nc2ccccc12. The first-order valence-corrected chi connectivity index (χ1v) is 8.82. The normalized spacial score (nSPS) is 10.6. The number of carbonyl (C=O) groups is 1. The van der Waals surface area contributed by atoms with Crippen LogP contribution < -0.4 is 0 Å². The number of ether oxygens (including phenoxy) is 1. The van der Waals surface area contributed by atoms with Gasteiger partial charge in [-0.05, 0) is 29.8 Å². The van der Waals surface area contributed by atoms with Crippen LogP contribution in [0.1, 0.15) is 15.9 Å². The molecule has 4 aromatic rings. The summed E-state index contributed by atoms with van der Waals surface area (Å²) >= 11 is 0. The van der Waals surface area contributed by atoms with Crippen LogP contribution in [0.25, 0.3) is 22.2 Å². The lowest BCUT2D eigenvalue weighted by molar-refractivity contribution is -0.384. The number of hydrogen-bond acceptors (Lipinski definition) is 6. The van der Waals surface area contributed by atoms with E-state index in [0.29, 0.717) is 27.7 Å². The Morgan fingerprint density at radius 2 is 1.79 bits per heavy atom. The van der Waals surface area contributed by atoms with E-state index in [0.717, 1.165) is 5.56 Å². The van der Waals surface area contributed by atoms with Gasteiger partial charge in [-0.15, -0.1) is 0 Å². The number of non-ortho nitro benzene ring substituents is 1. The number of nitro benzene ring substituents is 1. The van der Waals surface area contributed by atoms with E-state index in [-0.39, 0.29) is 12.3 Å². The summed E-state index contributed by atoms with van der Waals surface area (Å²) < 4.78 is 5.45. The summed E-state index contributed by atoms with van der Waals surface area (Å²) in [6.07, 6.45) is 3.32. The molecule has 0 N–H and O–H groups in total.